The Morgan fingerprint density at radius 3 is 2.64 bits per heavy atom. The zero-order chi connectivity index (χ0) is 10.9. The van der Waals surface area contributed by atoms with Crippen LogP contribution < -0.4 is 11.5 Å². The van der Waals surface area contributed by atoms with Gasteiger partial charge in [-0.15, -0.1) is 0 Å². The molecule has 0 bridgehead atoms. The molecule has 0 saturated carbocycles. The molecular weight excluding hydrogens is 182 g/mol. The van der Waals surface area contributed by atoms with Crippen molar-refractivity contribution in [3.8, 4) is 0 Å². The van der Waals surface area contributed by atoms with E-state index in [1.54, 1.807) is 0 Å². The van der Waals surface area contributed by atoms with Crippen LogP contribution >= 0.6 is 0 Å². The molecule has 0 aromatic carbocycles. The van der Waals surface area contributed by atoms with Gasteiger partial charge in [0.05, 0.1) is 0 Å². The van der Waals surface area contributed by atoms with E-state index in [9.17, 15) is 9.90 Å². The van der Waals surface area contributed by atoms with Crippen molar-refractivity contribution in [2.24, 2.45) is 22.4 Å². The predicted molar refractivity (Wildman–Crippen MR) is 53.7 cm³/mol. The van der Waals surface area contributed by atoms with E-state index in [1.165, 1.54) is 0 Å². The molecule has 0 spiro atoms. The fourth-order valence-electron chi connectivity index (χ4n) is 1.43. The third-order valence-corrected chi connectivity index (χ3v) is 2.50. The summed E-state index contributed by atoms with van der Waals surface area (Å²) in [5.74, 6) is -0.635. The van der Waals surface area contributed by atoms with Crippen LogP contribution in [0.25, 0.3) is 0 Å². The summed E-state index contributed by atoms with van der Waals surface area (Å²) < 4.78 is 0. The Morgan fingerprint density at radius 2 is 2.29 bits per heavy atom. The highest BCUT2D eigenvalue weighted by Gasteiger charge is 2.32. The lowest BCUT2D eigenvalue weighted by Crippen LogP contribution is -2.25. The van der Waals surface area contributed by atoms with Gasteiger partial charge in [0.2, 0.25) is 0 Å². The Hall–Kier alpha value is -1.52. The molecule has 1 heterocycles. The van der Waals surface area contributed by atoms with Gasteiger partial charge in [-0.25, -0.2) is 0 Å². The van der Waals surface area contributed by atoms with Crippen molar-refractivity contribution in [3.63, 3.8) is 0 Å². The van der Waals surface area contributed by atoms with E-state index in [2.05, 4.69) is 4.99 Å². The molecule has 5 N–H and O–H groups in total. The minimum absolute atomic E-state index is 0.0321. The second-order valence-electron chi connectivity index (χ2n) is 3.47. The van der Waals surface area contributed by atoms with Crippen LogP contribution in [-0.2, 0) is 4.79 Å². The van der Waals surface area contributed by atoms with E-state index in [0.717, 1.165) is 6.42 Å². The van der Waals surface area contributed by atoms with E-state index < -0.39 is 11.9 Å². The number of aliphatic imine (C=N–C) groups is 1. The van der Waals surface area contributed by atoms with Crippen LogP contribution in [0.4, 0.5) is 0 Å². The number of amidine groups is 1. The fraction of sp³-hybridized carbons (Fsp3) is 0.556. The molecule has 1 aliphatic heterocycles. The van der Waals surface area contributed by atoms with E-state index in [-0.39, 0.29) is 23.1 Å². The van der Waals surface area contributed by atoms with Crippen molar-refractivity contribution in [1.29, 1.82) is 0 Å². The van der Waals surface area contributed by atoms with Crippen LogP contribution in [0.3, 0.4) is 0 Å². The first-order chi connectivity index (χ1) is 6.49. The summed E-state index contributed by atoms with van der Waals surface area (Å²) in [4.78, 5) is 14.9. The Balaban J connectivity index is 3.03. The highest BCUT2D eigenvalue weighted by Crippen LogP contribution is 2.25. The monoisotopic (exact) mass is 197 g/mol. The van der Waals surface area contributed by atoms with Gasteiger partial charge in [0, 0.05) is 0 Å². The normalized spacial score (nSPS) is 23.6. The minimum Gasteiger partial charge on any atom is -0.509 e. The van der Waals surface area contributed by atoms with Gasteiger partial charge in [-0.2, -0.15) is 0 Å². The summed E-state index contributed by atoms with van der Waals surface area (Å²) in [6.07, 6.45) is 0.845. The molecule has 0 aromatic rings. The number of carbonyl (C=O) groups is 1. The summed E-state index contributed by atoms with van der Waals surface area (Å²) in [6.45, 7) is 3.91. The predicted octanol–water partition coefficient (Wildman–Crippen LogP) is 0.0693. The van der Waals surface area contributed by atoms with E-state index in [1.807, 2.05) is 13.8 Å². The lowest BCUT2D eigenvalue weighted by atomic mass is 9.97. The number of rotatable bonds is 3. The van der Waals surface area contributed by atoms with Crippen molar-refractivity contribution >= 4 is 11.7 Å². The van der Waals surface area contributed by atoms with E-state index in [4.69, 9.17) is 11.5 Å². The first kappa shape index (κ1) is 10.6. The highest BCUT2D eigenvalue weighted by atomic mass is 16.3. The number of nitrogens with zero attached hydrogens (tertiary/aromatic N) is 1. The molecule has 5 heteroatoms. The summed E-state index contributed by atoms with van der Waals surface area (Å²) >= 11 is 0. The zero-order valence-electron chi connectivity index (χ0n) is 8.32. The molecule has 14 heavy (non-hydrogen) atoms. The van der Waals surface area contributed by atoms with E-state index in [0.29, 0.717) is 0 Å². The average Bonchev–Trinajstić information content (AvgIpc) is 2.40. The number of aliphatic hydroxyl groups excluding tert-OH is 1. The van der Waals surface area contributed by atoms with Gasteiger partial charge >= 0.3 is 0 Å². The van der Waals surface area contributed by atoms with E-state index >= 15 is 0 Å². The third-order valence-electron chi connectivity index (χ3n) is 2.50. The minimum atomic E-state index is -0.727. The maximum Gasteiger partial charge on any atom is 0.255 e. The largest absolute Gasteiger partial charge is 0.509 e. The number of hydrogen-bond donors (Lipinski definition) is 3. The Labute approximate surface area is 82.5 Å². The topological polar surface area (TPSA) is 102 Å². The van der Waals surface area contributed by atoms with Crippen molar-refractivity contribution in [2.75, 3.05) is 0 Å². The van der Waals surface area contributed by atoms with Crippen LogP contribution in [-0.4, -0.2) is 22.9 Å². The number of nitrogens with two attached hydrogens (primary N) is 2. The number of hydrogen-bond acceptors (Lipinski definition) is 4. The zero-order valence-corrected chi connectivity index (χ0v) is 8.32. The lowest BCUT2D eigenvalue weighted by Gasteiger charge is -2.14. The molecule has 5 nitrogen and oxygen atoms in total. The van der Waals surface area contributed by atoms with Gasteiger partial charge in [0.1, 0.15) is 23.2 Å². The molecule has 0 saturated heterocycles. The average molecular weight is 197 g/mol. The standard InChI is InChI=1S/C9H15N3O2/c1-3-4(2)6-7(13)5(9(11)14)8(10)12-6/h4,6,13H,3H2,1-2H3,(H2,10,12)(H2,11,14)/t4-,6-/m0/s1. The Kier molecular flexibility index (Phi) is 2.78. The lowest BCUT2D eigenvalue weighted by molar-refractivity contribution is -0.114. The summed E-state index contributed by atoms with van der Waals surface area (Å²) in [5.41, 5.74) is 10.5. The van der Waals surface area contributed by atoms with Gasteiger partial charge in [-0.05, 0) is 5.92 Å². The molecule has 0 fully saturated rings. The summed E-state index contributed by atoms with van der Waals surface area (Å²) in [7, 11) is 0. The van der Waals surface area contributed by atoms with Crippen LogP contribution in [0.1, 0.15) is 20.3 Å². The SMILES string of the molecule is CC[C@H](C)[C@@H]1N=C(N)C(C(N)=O)=C1O. The van der Waals surface area contributed by atoms with Gasteiger partial charge in [0.25, 0.3) is 5.91 Å². The smallest absolute Gasteiger partial charge is 0.255 e. The second kappa shape index (κ2) is 3.69. The van der Waals surface area contributed by atoms with Gasteiger partial charge in [-0.1, -0.05) is 20.3 Å². The maximum absolute atomic E-state index is 10.9. The van der Waals surface area contributed by atoms with Crippen molar-refractivity contribution < 1.29 is 9.90 Å². The number of aliphatic hydroxyl groups is 1. The second-order valence-corrected chi connectivity index (χ2v) is 3.47. The molecular formula is C9H15N3O2. The van der Waals surface area contributed by atoms with Gasteiger partial charge in [-0.3, -0.25) is 9.79 Å². The highest BCUT2D eigenvalue weighted by molar-refractivity contribution is 6.21. The van der Waals surface area contributed by atoms with Crippen LogP contribution in [0.2, 0.25) is 0 Å². The van der Waals surface area contributed by atoms with Crippen LogP contribution in [0.15, 0.2) is 16.3 Å². The summed E-state index contributed by atoms with van der Waals surface area (Å²) in [6, 6.07) is -0.414. The summed E-state index contributed by atoms with van der Waals surface area (Å²) in [5, 5.41) is 9.68. The first-order valence-electron chi connectivity index (χ1n) is 4.55. The van der Waals surface area contributed by atoms with Crippen molar-refractivity contribution in [2.45, 2.75) is 26.3 Å². The molecule has 1 aliphatic rings. The van der Waals surface area contributed by atoms with Crippen molar-refractivity contribution in [3.05, 3.63) is 11.3 Å². The van der Waals surface area contributed by atoms with Crippen LogP contribution in [0.5, 0.6) is 0 Å². The maximum atomic E-state index is 10.9. The molecule has 0 radical (unpaired) electrons. The number of amides is 1. The first-order valence-corrected chi connectivity index (χ1v) is 4.55. The molecule has 1 rings (SSSR count). The van der Waals surface area contributed by atoms with Crippen molar-refractivity contribution in [1.82, 2.24) is 0 Å². The Morgan fingerprint density at radius 1 is 1.71 bits per heavy atom. The molecule has 1 amide bonds. The molecule has 0 aromatic heterocycles. The Bertz CT molecular complexity index is 320. The fourth-order valence-corrected chi connectivity index (χ4v) is 1.43. The molecule has 0 aliphatic carbocycles. The quantitative estimate of drug-likeness (QED) is 0.596. The van der Waals surface area contributed by atoms with Gasteiger partial charge in [0.15, 0.2) is 0 Å². The van der Waals surface area contributed by atoms with Gasteiger partial charge < -0.3 is 16.6 Å². The molecule has 0 unspecified atom stereocenters. The molecule has 78 valence electrons. The third kappa shape index (κ3) is 1.57. The molecule has 2 atom stereocenters. The number of carbonyl (C=O) groups excluding carboxylic acids is 1. The van der Waals surface area contributed by atoms with Crippen LogP contribution in [0, 0.1) is 5.92 Å². The number of primary amides is 1.